The summed E-state index contributed by atoms with van der Waals surface area (Å²) in [7, 11) is 0. The fourth-order valence-corrected chi connectivity index (χ4v) is 4.63. The topological polar surface area (TPSA) is 53.5 Å². The highest BCUT2D eigenvalue weighted by Crippen LogP contribution is 2.23. The summed E-state index contributed by atoms with van der Waals surface area (Å²) in [4.78, 5) is 34.1. The van der Waals surface area contributed by atoms with E-state index >= 15 is 0 Å². The molecule has 2 amide bonds. The summed E-state index contributed by atoms with van der Waals surface area (Å²) in [5.74, 6) is 0.212. The third-order valence-corrected chi connectivity index (χ3v) is 6.19. The van der Waals surface area contributed by atoms with E-state index in [1.807, 2.05) is 15.9 Å². The quantitative estimate of drug-likeness (QED) is 0.720. The number of carbonyl (C=O) groups excluding carboxylic acids is 2. The minimum atomic E-state index is 0.0185. The second kappa shape index (κ2) is 9.28. The van der Waals surface area contributed by atoms with Crippen LogP contribution in [0, 0.1) is 0 Å². The first-order valence-electron chi connectivity index (χ1n) is 8.85. The molecule has 7 heteroatoms. The third kappa shape index (κ3) is 5.14. The van der Waals surface area contributed by atoms with Crippen molar-refractivity contribution in [2.75, 3.05) is 26.2 Å². The SMILES string of the molecule is O=C(CCCc1ccc(Br)s1)N1CCCN(C(=O)c2ccncc2)CC1. The number of aryl methyl sites for hydroxylation is 1. The van der Waals surface area contributed by atoms with Gasteiger partial charge in [-0.3, -0.25) is 14.6 Å². The molecular weight excluding hydrogens is 414 g/mol. The van der Waals surface area contributed by atoms with Crippen molar-refractivity contribution in [3.05, 3.63) is 50.9 Å². The van der Waals surface area contributed by atoms with Gasteiger partial charge in [0, 0.05) is 55.4 Å². The Labute approximate surface area is 166 Å². The number of halogens is 1. The molecule has 0 bridgehead atoms. The molecule has 1 fully saturated rings. The van der Waals surface area contributed by atoms with Gasteiger partial charge in [0.05, 0.1) is 3.79 Å². The van der Waals surface area contributed by atoms with Crippen LogP contribution in [-0.4, -0.2) is 52.8 Å². The molecule has 0 saturated carbocycles. The van der Waals surface area contributed by atoms with Crippen LogP contribution in [0.1, 0.15) is 34.5 Å². The Kier molecular flexibility index (Phi) is 6.80. The van der Waals surface area contributed by atoms with E-state index in [0.29, 0.717) is 31.6 Å². The van der Waals surface area contributed by atoms with Crippen LogP contribution < -0.4 is 0 Å². The molecule has 0 aliphatic carbocycles. The van der Waals surface area contributed by atoms with E-state index < -0.39 is 0 Å². The van der Waals surface area contributed by atoms with E-state index in [2.05, 4.69) is 27.0 Å². The lowest BCUT2D eigenvalue weighted by Gasteiger charge is -2.22. The van der Waals surface area contributed by atoms with Gasteiger partial charge in [-0.15, -0.1) is 11.3 Å². The van der Waals surface area contributed by atoms with Gasteiger partial charge >= 0.3 is 0 Å². The van der Waals surface area contributed by atoms with E-state index in [-0.39, 0.29) is 11.8 Å². The van der Waals surface area contributed by atoms with Crippen LogP contribution in [0.4, 0.5) is 0 Å². The fraction of sp³-hybridized carbons (Fsp3) is 0.421. The highest BCUT2D eigenvalue weighted by molar-refractivity contribution is 9.11. The Hall–Kier alpha value is -1.73. The number of amides is 2. The number of rotatable bonds is 5. The number of thiophene rings is 1. The van der Waals surface area contributed by atoms with Gasteiger partial charge in [-0.25, -0.2) is 0 Å². The van der Waals surface area contributed by atoms with Crippen molar-refractivity contribution in [1.82, 2.24) is 14.8 Å². The molecule has 3 rings (SSSR count). The molecule has 138 valence electrons. The second-order valence-corrected chi connectivity index (χ2v) is 8.87. The standard InChI is InChI=1S/C19H22BrN3O2S/c20-17-6-5-16(26-17)3-1-4-18(24)22-11-2-12-23(14-13-22)19(25)15-7-9-21-10-8-15/h5-10H,1-4,11-14H2. The summed E-state index contributed by atoms with van der Waals surface area (Å²) >= 11 is 5.19. The number of hydrogen-bond acceptors (Lipinski definition) is 4. The molecule has 0 unspecified atom stereocenters. The average Bonchev–Trinajstić information content (AvgIpc) is 2.93. The Morgan fingerprint density at radius 1 is 1.04 bits per heavy atom. The highest BCUT2D eigenvalue weighted by Gasteiger charge is 2.22. The van der Waals surface area contributed by atoms with E-state index in [1.165, 1.54) is 4.88 Å². The predicted octanol–water partition coefficient (Wildman–Crippen LogP) is 3.60. The lowest BCUT2D eigenvalue weighted by Crippen LogP contribution is -2.37. The van der Waals surface area contributed by atoms with Gasteiger partial charge in [0.1, 0.15) is 0 Å². The molecule has 26 heavy (non-hydrogen) atoms. The Morgan fingerprint density at radius 3 is 2.50 bits per heavy atom. The van der Waals surface area contributed by atoms with Crippen molar-refractivity contribution in [2.45, 2.75) is 25.7 Å². The van der Waals surface area contributed by atoms with Crippen LogP contribution in [0.2, 0.25) is 0 Å². The third-order valence-electron chi connectivity index (χ3n) is 4.51. The second-order valence-electron chi connectivity index (χ2n) is 6.32. The molecule has 2 aromatic heterocycles. The van der Waals surface area contributed by atoms with Gasteiger partial charge < -0.3 is 9.80 Å². The maximum absolute atomic E-state index is 12.6. The zero-order valence-electron chi connectivity index (χ0n) is 14.6. The van der Waals surface area contributed by atoms with Gasteiger partial charge in [-0.05, 0) is 59.5 Å². The maximum atomic E-state index is 12.6. The van der Waals surface area contributed by atoms with E-state index in [4.69, 9.17) is 0 Å². The molecule has 0 spiro atoms. The van der Waals surface area contributed by atoms with Gasteiger partial charge in [0.15, 0.2) is 0 Å². The van der Waals surface area contributed by atoms with E-state index in [9.17, 15) is 9.59 Å². The Morgan fingerprint density at radius 2 is 1.77 bits per heavy atom. The molecule has 3 heterocycles. The highest BCUT2D eigenvalue weighted by atomic mass is 79.9. The van der Waals surface area contributed by atoms with Crippen molar-refractivity contribution < 1.29 is 9.59 Å². The van der Waals surface area contributed by atoms with E-state index in [0.717, 1.165) is 29.6 Å². The summed E-state index contributed by atoms with van der Waals surface area (Å²) in [5, 5.41) is 0. The summed E-state index contributed by atoms with van der Waals surface area (Å²) in [6.45, 7) is 2.61. The summed E-state index contributed by atoms with van der Waals surface area (Å²) < 4.78 is 1.13. The monoisotopic (exact) mass is 435 g/mol. The predicted molar refractivity (Wildman–Crippen MR) is 106 cm³/mol. The van der Waals surface area contributed by atoms with E-state index in [1.54, 1.807) is 35.9 Å². The molecular formula is C19H22BrN3O2S. The van der Waals surface area contributed by atoms with Crippen molar-refractivity contribution in [3.63, 3.8) is 0 Å². The molecule has 1 aliphatic rings. The van der Waals surface area contributed by atoms with Crippen molar-refractivity contribution >= 4 is 39.1 Å². The van der Waals surface area contributed by atoms with Crippen molar-refractivity contribution in [2.24, 2.45) is 0 Å². The average molecular weight is 436 g/mol. The minimum Gasteiger partial charge on any atom is -0.341 e. The Balaban J connectivity index is 1.47. The number of nitrogens with zero attached hydrogens (tertiary/aromatic N) is 3. The summed E-state index contributed by atoms with van der Waals surface area (Å²) in [5.41, 5.74) is 0.655. The molecule has 2 aromatic rings. The van der Waals surface area contributed by atoms with Crippen LogP contribution in [0.15, 0.2) is 40.4 Å². The molecule has 1 saturated heterocycles. The summed E-state index contributed by atoms with van der Waals surface area (Å²) in [6.07, 6.45) is 6.44. The van der Waals surface area contributed by atoms with Gasteiger partial charge in [-0.1, -0.05) is 0 Å². The number of carbonyl (C=O) groups is 2. The number of hydrogen-bond donors (Lipinski definition) is 0. The van der Waals surface area contributed by atoms with Crippen molar-refractivity contribution in [1.29, 1.82) is 0 Å². The minimum absolute atomic E-state index is 0.0185. The normalized spacial score (nSPS) is 15.0. The first-order chi connectivity index (χ1) is 12.6. The van der Waals surface area contributed by atoms with Crippen LogP contribution in [0.25, 0.3) is 0 Å². The number of aromatic nitrogens is 1. The summed E-state index contributed by atoms with van der Waals surface area (Å²) in [6, 6.07) is 7.62. The first kappa shape index (κ1) is 19.0. The molecule has 0 atom stereocenters. The smallest absolute Gasteiger partial charge is 0.254 e. The molecule has 0 aromatic carbocycles. The molecule has 1 aliphatic heterocycles. The molecule has 0 N–H and O–H groups in total. The largest absolute Gasteiger partial charge is 0.341 e. The fourth-order valence-electron chi connectivity index (χ4n) is 3.11. The van der Waals surface area contributed by atoms with Gasteiger partial charge in [0.2, 0.25) is 5.91 Å². The number of pyridine rings is 1. The zero-order valence-corrected chi connectivity index (χ0v) is 17.0. The zero-order chi connectivity index (χ0) is 18.4. The maximum Gasteiger partial charge on any atom is 0.254 e. The van der Waals surface area contributed by atoms with Gasteiger partial charge in [-0.2, -0.15) is 0 Å². The lowest BCUT2D eigenvalue weighted by molar-refractivity contribution is -0.131. The van der Waals surface area contributed by atoms with Crippen LogP contribution in [-0.2, 0) is 11.2 Å². The lowest BCUT2D eigenvalue weighted by atomic mass is 10.2. The van der Waals surface area contributed by atoms with Gasteiger partial charge in [0.25, 0.3) is 5.91 Å². The van der Waals surface area contributed by atoms with Crippen LogP contribution >= 0.6 is 27.3 Å². The van der Waals surface area contributed by atoms with Crippen molar-refractivity contribution in [3.8, 4) is 0 Å². The van der Waals surface area contributed by atoms with Crippen LogP contribution in [0.3, 0.4) is 0 Å². The Bertz CT molecular complexity index is 750. The molecule has 0 radical (unpaired) electrons. The first-order valence-corrected chi connectivity index (χ1v) is 10.5. The van der Waals surface area contributed by atoms with Crippen LogP contribution in [0.5, 0.6) is 0 Å². The molecule has 5 nitrogen and oxygen atoms in total.